The van der Waals surface area contributed by atoms with Gasteiger partial charge < -0.3 is 9.64 Å². The lowest BCUT2D eigenvalue weighted by Gasteiger charge is -2.27. The van der Waals surface area contributed by atoms with Crippen molar-refractivity contribution in [2.75, 3.05) is 19.6 Å². The second kappa shape index (κ2) is 11.2. The second-order valence-corrected chi connectivity index (χ2v) is 10.6. The molecule has 0 atom stereocenters. The van der Waals surface area contributed by atoms with Gasteiger partial charge in [0.1, 0.15) is 18.9 Å². The summed E-state index contributed by atoms with van der Waals surface area (Å²) >= 11 is 16.3. The third-order valence-electron chi connectivity index (χ3n) is 5.51. The summed E-state index contributed by atoms with van der Waals surface area (Å²) in [5.74, 6) is -0.0191. The third-order valence-corrected chi connectivity index (χ3v) is 7.77. The lowest BCUT2D eigenvalue weighted by Crippen LogP contribution is -2.44. The van der Waals surface area contributed by atoms with Gasteiger partial charge in [-0.25, -0.2) is 0 Å². The van der Waals surface area contributed by atoms with E-state index < -0.39 is 11.1 Å². The number of hydrogen-bond donors (Lipinski definition) is 0. The van der Waals surface area contributed by atoms with Crippen LogP contribution in [-0.2, 0) is 16.2 Å². The van der Waals surface area contributed by atoms with Crippen molar-refractivity contribution in [2.24, 2.45) is 0 Å². The highest BCUT2D eigenvalue weighted by molar-refractivity contribution is 9.10. The summed E-state index contributed by atoms with van der Waals surface area (Å²) in [5, 5.41) is 0.516. The molecular weight excluding hydrogens is 563 g/mol. The molecule has 2 aromatic carbocycles. The maximum Gasteiger partial charge on any atom is 0.294 e. The molecule has 2 aliphatic heterocycles. The average molecular weight is 584 g/mol. The highest BCUT2D eigenvalue weighted by Gasteiger charge is 2.37. The summed E-state index contributed by atoms with van der Waals surface area (Å²) in [6, 6.07) is 10.7. The van der Waals surface area contributed by atoms with E-state index in [1.54, 1.807) is 41.3 Å². The molecule has 0 aromatic heterocycles. The Morgan fingerprint density at radius 1 is 1.06 bits per heavy atom. The Kier molecular flexibility index (Phi) is 8.24. The average Bonchev–Trinajstić information content (AvgIpc) is 3.08. The fourth-order valence-electron chi connectivity index (χ4n) is 3.68. The minimum Gasteiger partial charge on any atom is -0.488 e. The van der Waals surface area contributed by atoms with Gasteiger partial charge in [0.15, 0.2) is 0 Å². The molecule has 2 saturated heterocycles. The number of ether oxygens (including phenoxy) is 1. The van der Waals surface area contributed by atoms with Crippen molar-refractivity contribution in [1.82, 2.24) is 9.80 Å². The first-order valence-corrected chi connectivity index (χ1v) is 13.1. The number of imide groups is 1. The predicted octanol–water partition coefficient (Wildman–Crippen LogP) is 6.38. The number of nitrogens with zero attached hydrogens (tertiary/aromatic N) is 2. The molecule has 6 nitrogen and oxygen atoms in total. The van der Waals surface area contributed by atoms with Crippen molar-refractivity contribution in [3.63, 3.8) is 0 Å². The Labute approximate surface area is 220 Å². The first-order valence-electron chi connectivity index (χ1n) is 10.7. The molecule has 0 N–H and O–H groups in total. The number of hydrogen-bond acceptors (Lipinski definition) is 5. The summed E-state index contributed by atoms with van der Waals surface area (Å²) in [6.07, 6.45) is 4.65. The molecule has 2 aliphatic rings. The van der Waals surface area contributed by atoms with Crippen LogP contribution in [0.5, 0.6) is 5.75 Å². The van der Waals surface area contributed by atoms with Crippen LogP contribution >= 0.6 is 50.9 Å². The molecule has 178 valence electrons. The summed E-state index contributed by atoms with van der Waals surface area (Å²) in [5.41, 5.74) is 1.60. The van der Waals surface area contributed by atoms with Gasteiger partial charge >= 0.3 is 0 Å². The smallest absolute Gasteiger partial charge is 0.294 e. The lowest BCUT2D eigenvalue weighted by molar-refractivity contribution is -0.136. The molecule has 10 heteroatoms. The van der Waals surface area contributed by atoms with Crippen molar-refractivity contribution in [3.8, 4) is 5.75 Å². The number of rotatable bonds is 6. The number of halogens is 3. The SMILES string of the molecule is O=C(CN1C(=O)S/C(=C\c2ccc(OCc3ccc(Cl)c(Cl)c3)c(Br)c2)C1=O)N1CCCCC1. The first-order chi connectivity index (χ1) is 16.3. The first kappa shape index (κ1) is 25.1. The monoisotopic (exact) mass is 582 g/mol. The van der Waals surface area contributed by atoms with Crippen LogP contribution in [0.25, 0.3) is 6.08 Å². The minimum absolute atomic E-state index is 0.186. The molecule has 2 aromatic rings. The van der Waals surface area contributed by atoms with Crippen LogP contribution in [0.2, 0.25) is 10.0 Å². The highest BCUT2D eigenvalue weighted by Crippen LogP contribution is 2.34. The van der Waals surface area contributed by atoms with Crippen molar-refractivity contribution < 1.29 is 19.1 Å². The van der Waals surface area contributed by atoms with Crippen molar-refractivity contribution in [1.29, 1.82) is 0 Å². The molecule has 3 amide bonds. The summed E-state index contributed by atoms with van der Waals surface area (Å²) in [7, 11) is 0. The van der Waals surface area contributed by atoms with E-state index in [-0.39, 0.29) is 17.4 Å². The lowest BCUT2D eigenvalue weighted by atomic mass is 10.1. The van der Waals surface area contributed by atoms with Crippen LogP contribution in [0.15, 0.2) is 45.8 Å². The number of piperidine rings is 1. The molecule has 0 bridgehead atoms. The van der Waals surface area contributed by atoms with Gasteiger partial charge in [0.25, 0.3) is 11.1 Å². The minimum atomic E-state index is -0.448. The van der Waals surface area contributed by atoms with Gasteiger partial charge in [0.05, 0.1) is 19.4 Å². The van der Waals surface area contributed by atoms with Crippen molar-refractivity contribution in [3.05, 3.63) is 66.9 Å². The molecule has 34 heavy (non-hydrogen) atoms. The van der Waals surface area contributed by atoms with Crippen molar-refractivity contribution >= 4 is 74.0 Å². The van der Waals surface area contributed by atoms with E-state index in [1.807, 2.05) is 6.07 Å². The van der Waals surface area contributed by atoms with E-state index in [0.717, 1.165) is 47.1 Å². The molecule has 4 rings (SSSR count). The normalized spacial score (nSPS) is 17.6. The molecule has 0 saturated carbocycles. The molecule has 2 heterocycles. The zero-order valence-electron chi connectivity index (χ0n) is 18.1. The zero-order chi connectivity index (χ0) is 24.2. The molecule has 0 spiro atoms. The Morgan fingerprint density at radius 3 is 2.53 bits per heavy atom. The Bertz CT molecular complexity index is 1170. The van der Waals surface area contributed by atoms with E-state index in [4.69, 9.17) is 27.9 Å². The summed E-state index contributed by atoms with van der Waals surface area (Å²) < 4.78 is 6.55. The highest BCUT2D eigenvalue weighted by atomic mass is 79.9. The number of carbonyl (C=O) groups excluding carboxylic acids is 3. The van der Waals surface area contributed by atoms with Crippen LogP contribution in [0, 0.1) is 0 Å². The van der Waals surface area contributed by atoms with Gasteiger partial charge in [-0.2, -0.15) is 0 Å². The standard InChI is InChI=1S/C24H21BrCl2N2O4S/c25-17-10-15(5-7-20(17)33-14-16-4-6-18(26)19(27)11-16)12-21-23(31)29(24(32)34-21)13-22(30)28-8-2-1-3-9-28/h4-7,10-12H,1-3,8-9,13-14H2/b21-12-. The Morgan fingerprint density at radius 2 is 1.82 bits per heavy atom. The van der Waals surface area contributed by atoms with Crippen LogP contribution in [0.3, 0.4) is 0 Å². The van der Waals surface area contributed by atoms with E-state index >= 15 is 0 Å². The molecule has 0 unspecified atom stereocenters. The molecule has 2 fully saturated rings. The van der Waals surface area contributed by atoms with Gasteiger partial charge in [-0.1, -0.05) is 35.3 Å². The van der Waals surface area contributed by atoms with Crippen LogP contribution < -0.4 is 4.74 Å². The van der Waals surface area contributed by atoms with Crippen LogP contribution in [0.1, 0.15) is 30.4 Å². The van der Waals surface area contributed by atoms with E-state index in [1.165, 1.54) is 0 Å². The zero-order valence-corrected chi connectivity index (χ0v) is 22.0. The Hall–Kier alpha value is -2.00. The van der Waals surface area contributed by atoms with Crippen LogP contribution in [0.4, 0.5) is 4.79 Å². The van der Waals surface area contributed by atoms with Crippen molar-refractivity contribution in [2.45, 2.75) is 25.9 Å². The van der Waals surface area contributed by atoms with Gasteiger partial charge in [0.2, 0.25) is 5.91 Å². The quantitative estimate of drug-likeness (QED) is 0.369. The fourth-order valence-corrected chi connectivity index (χ4v) is 5.35. The van der Waals surface area contributed by atoms with Gasteiger partial charge in [-0.15, -0.1) is 0 Å². The van der Waals surface area contributed by atoms with Gasteiger partial charge in [0, 0.05) is 13.1 Å². The summed E-state index contributed by atoms with van der Waals surface area (Å²) in [4.78, 5) is 40.7. The number of likely N-dealkylation sites (tertiary alicyclic amines) is 1. The number of amides is 3. The van der Waals surface area contributed by atoms with Gasteiger partial charge in [-0.05, 0) is 88.4 Å². The maximum absolute atomic E-state index is 12.8. The van der Waals surface area contributed by atoms with E-state index in [2.05, 4.69) is 15.9 Å². The molecule has 0 aliphatic carbocycles. The largest absolute Gasteiger partial charge is 0.488 e. The predicted molar refractivity (Wildman–Crippen MR) is 138 cm³/mol. The topological polar surface area (TPSA) is 66.9 Å². The molecule has 0 radical (unpaired) electrons. The third kappa shape index (κ3) is 5.97. The number of carbonyl (C=O) groups is 3. The van der Waals surface area contributed by atoms with E-state index in [9.17, 15) is 14.4 Å². The van der Waals surface area contributed by atoms with Crippen LogP contribution in [-0.4, -0.2) is 46.5 Å². The summed E-state index contributed by atoms with van der Waals surface area (Å²) in [6.45, 7) is 1.45. The second-order valence-electron chi connectivity index (χ2n) is 7.94. The number of benzene rings is 2. The molecular formula is C24H21BrCl2N2O4S. The van der Waals surface area contributed by atoms with Gasteiger partial charge in [-0.3, -0.25) is 19.3 Å². The fraction of sp³-hybridized carbons (Fsp3) is 0.292. The Balaban J connectivity index is 1.40. The number of thioether (sulfide) groups is 1. The maximum atomic E-state index is 12.8. The van der Waals surface area contributed by atoms with E-state index in [0.29, 0.717) is 40.0 Å².